The van der Waals surface area contributed by atoms with Crippen molar-refractivity contribution in [1.29, 1.82) is 0 Å². The number of carbonyl (C=O) groups excluding carboxylic acids is 1. The molecule has 1 amide bonds. The highest BCUT2D eigenvalue weighted by Crippen LogP contribution is 2.09. The summed E-state index contributed by atoms with van der Waals surface area (Å²) >= 11 is 5.74. The zero-order valence-electron chi connectivity index (χ0n) is 9.90. The molecule has 1 rings (SSSR count). The van der Waals surface area contributed by atoms with Gasteiger partial charge in [-0.2, -0.15) is 0 Å². The molecule has 0 aromatic carbocycles. The van der Waals surface area contributed by atoms with Crippen LogP contribution in [-0.2, 0) is 0 Å². The number of carbonyl (C=O) groups is 1. The Kier molecular flexibility index (Phi) is 4.74. The van der Waals surface area contributed by atoms with Gasteiger partial charge < -0.3 is 4.90 Å². The first kappa shape index (κ1) is 13.0. The molecule has 0 saturated heterocycles. The zero-order valence-corrected chi connectivity index (χ0v) is 10.7. The van der Waals surface area contributed by atoms with Crippen molar-refractivity contribution >= 4 is 17.5 Å². The molecule has 1 atom stereocenters. The highest BCUT2D eigenvalue weighted by Gasteiger charge is 2.14. The molecule has 0 aliphatic carbocycles. The van der Waals surface area contributed by atoms with Crippen LogP contribution in [0.15, 0.2) is 18.2 Å². The van der Waals surface area contributed by atoms with Crippen molar-refractivity contribution in [2.24, 2.45) is 5.92 Å². The second kappa shape index (κ2) is 5.85. The minimum atomic E-state index is -0.0807. The van der Waals surface area contributed by atoms with Crippen LogP contribution in [0.3, 0.4) is 0 Å². The molecule has 1 unspecified atom stereocenters. The van der Waals surface area contributed by atoms with E-state index in [1.807, 2.05) is 0 Å². The number of halogens is 1. The van der Waals surface area contributed by atoms with Crippen molar-refractivity contribution in [3.05, 3.63) is 29.0 Å². The zero-order chi connectivity index (χ0) is 12.1. The summed E-state index contributed by atoms with van der Waals surface area (Å²) in [5.74, 6) is 0.413. The molecule has 4 heteroatoms. The minimum Gasteiger partial charge on any atom is -0.340 e. The second-order valence-electron chi connectivity index (χ2n) is 4.04. The van der Waals surface area contributed by atoms with E-state index in [2.05, 4.69) is 18.8 Å². The summed E-state index contributed by atoms with van der Waals surface area (Å²) in [4.78, 5) is 17.6. The van der Waals surface area contributed by atoms with Gasteiger partial charge in [0.05, 0.1) is 0 Å². The molecule has 1 aromatic rings. The topological polar surface area (TPSA) is 33.2 Å². The van der Waals surface area contributed by atoms with E-state index in [0.717, 1.165) is 13.0 Å². The van der Waals surface area contributed by atoms with Crippen molar-refractivity contribution in [2.75, 3.05) is 13.6 Å². The maximum Gasteiger partial charge on any atom is 0.272 e. The highest BCUT2D eigenvalue weighted by atomic mass is 35.5. The Morgan fingerprint density at radius 1 is 1.56 bits per heavy atom. The van der Waals surface area contributed by atoms with Gasteiger partial charge in [0.1, 0.15) is 10.8 Å². The second-order valence-corrected chi connectivity index (χ2v) is 4.43. The van der Waals surface area contributed by atoms with Gasteiger partial charge in [-0.1, -0.05) is 37.9 Å². The van der Waals surface area contributed by atoms with E-state index in [9.17, 15) is 4.79 Å². The van der Waals surface area contributed by atoms with Crippen molar-refractivity contribution in [3.63, 3.8) is 0 Å². The maximum atomic E-state index is 12.0. The normalized spacial score (nSPS) is 12.2. The molecule has 16 heavy (non-hydrogen) atoms. The molecule has 0 saturated carbocycles. The number of amides is 1. The summed E-state index contributed by atoms with van der Waals surface area (Å²) in [5, 5.41) is 0.350. The Morgan fingerprint density at radius 2 is 2.25 bits per heavy atom. The molecule has 0 spiro atoms. The van der Waals surface area contributed by atoms with Crippen LogP contribution in [-0.4, -0.2) is 29.4 Å². The molecule has 1 aromatic heterocycles. The van der Waals surface area contributed by atoms with Gasteiger partial charge in [-0.3, -0.25) is 4.79 Å². The standard InChI is InChI=1S/C12H17ClN2O/c1-4-9(2)8-15(3)12(16)10-6-5-7-11(13)14-10/h5-7,9H,4,8H2,1-3H3. The van der Waals surface area contributed by atoms with E-state index in [1.165, 1.54) is 0 Å². The Labute approximate surface area is 101 Å². The number of pyridine rings is 1. The van der Waals surface area contributed by atoms with E-state index in [1.54, 1.807) is 30.1 Å². The summed E-state index contributed by atoms with van der Waals surface area (Å²) in [7, 11) is 1.79. The fourth-order valence-electron chi connectivity index (χ4n) is 1.40. The van der Waals surface area contributed by atoms with Gasteiger partial charge in [0, 0.05) is 13.6 Å². The third kappa shape index (κ3) is 3.49. The number of hydrogen-bond acceptors (Lipinski definition) is 2. The monoisotopic (exact) mass is 240 g/mol. The molecule has 3 nitrogen and oxygen atoms in total. The highest BCUT2D eigenvalue weighted by molar-refractivity contribution is 6.29. The molecule has 88 valence electrons. The van der Waals surface area contributed by atoms with Gasteiger partial charge in [0.2, 0.25) is 0 Å². The molecule has 0 fully saturated rings. The first-order valence-electron chi connectivity index (χ1n) is 5.42. The van der Waals surface area contributed by atoms with Crippen LogP contribution in [0, 0.1) is 5.92 Å². The molecular weight excluding hydrogens is 224 g/mol. The average Bonchev–Trinajstić information content (AvgIpc) is 2.27. The lowest BCUT2D eigenvalue weighted by Crippen LogP contribution is -2.31. The van der Waals surface area contributed by atoms with Crippen molar-refractivity contribution in [2.45, 2.75) is 20.3 Å². The fourth-order valence-corrected chi connectivity index (χ4v) is 1.57. The van der Waals surface area contributed by atoms with E-state index in [0.29, 0.717) is 16.8 Å². The Balaban J connectivity index is 2.70. The summed E-state index contributed by atoms with van der Waals surface area (Å²) in [5.41, 5.74) is 0.401. The first-order valence-corrected chi connectivity index (χ1v) is 5.80. The predicted molar refractivity (Wildman–Crippen MR) is 65.7 cm³/mol. The van der Waals surface area contributed by atoms with E-state index < -0.39 is 0 Å². The third-order valence-corrected chi connectivity index (χ3v) is 2.77. The molecule has 0 radical (unpaired) electrons. The van der Waals surface area contributed by atoms with Gasteiger partial charge in [0.15, 0.2) is 0 Å². The Bertz CT molecular complexity index is 368. The Morgan fingerprint density at radius 3 is 2.81 bits per heavy atom. The fraction of sp³-hybridized carbons (Fsp3) is 0.500. The molecule has 0 aliphatic heterocycles. The van der Waals surface area contributed by atoms with Crippen LogP contribution >= 0.6 is 11.6 Å². The van der Waals surface area contributed by atoms with Gasteiger partial charge >= 0.3 is 0 Å². The molecule has 0 bridgehead atoms. The molecule has 1 heterocycles. The molecular formula is C12H17ClN2O. The van der Waals surface area contributed by atoms with E-state index in [4.69, 9.17) is 11.6 Å². The van der Waals surface area contributed by atoms with E-state index >= 15 is 0 Å². The van der Waals surface area contributed by atoms with Gasteiger partial charge in [-0.25, -0.2) is 4.98 Å². The SMILES string of the molecule is CCC(C)CN(C)C(=O)c1cccc(Cl)n1. The van der Waals surface area contributed by atoms with Crippen LogP contribution in [0.25, 0.3) is 0 Å². The lowest BCUT2D eigenvalue weighted by Gasteiger charge is -2.20. The molecule has 0 N–H and O–H groups in total. The number of hydrogen-bond donors (Lipinski definition) is 0. The van der Waals surface area contributed by atoms with Crippen LogP contribution in [0.2, 0.25) is 5.15 Å². The predicted octanol–water partition coefficient (Wildman–Crippen LogP) is 2.85. The van der Waals surface area contributed by atoms with Crippen LogP contribution in [0.1, 0.15) is 30.8 Å². The van der Waals surface area contributed by atoms with Crippen LogP contribution < -0.4 is 0 Å². The van der Waals surface area contributed by atoms with Crippen molar-refractivity contribution in [3.8, 4) is 0 Å². The van der Waals surface area contributed by atoms with Crippen molar-refractivity contribution < 1.29 is 4.79 Å². The first-order chi connectivity index (χ1) is 7.54. The maximum absolute atomic E-state index is 12.0. The smallest absolute Gasteiger partial charge is 0.272 e. The largest absolute Gasteiger partial charge is 0.340 e. The quantitative estimate of drug-likeness (QED) is 0.759. The number of nitrogens with zero attached hydrogens (tertiary/aromatic N) is 2. The van der Waals surface area contributed by atoms with Crippen molar-refractivity contribution in [1.82, 2.24) is 9.88 Å². The lowest BCUT2D eigenvalue weighted by atomic mass is 10.1. The average molecular weight is 241 g/mol. The van der Waals surface area contributed by atoms with E-state index in [-0.39, 0.29) is 5.91 Å². The molecule has 0 aliphatic rings. The summed E-state index contributed by atoms with van der Waals surface area (Å²) in [6.45, 7) is 4.97. The number of rotatable bonds is 4. The van der Waals surface area contributed by atoms with Crippen LogP contribution in [0.5, 0.6) is 0 Å². The Hall–Kier alpha value is -1.09. The number of aromatic nitrogens is 1. The van der Waals surface area contributed by atoms with Crippen LogP contribution in [0.4, 0.5) is 0 Å². The summed E-state index contributed by atoms with van der Waals surface area (Å²) < 4.78 is 0. The van der Waals surface area contributed by atoms with Gasteiger partial charge in [0.25, 0.3) is 5.91 Å². The lowest BCUT2D eigenvalue weighted by molar-refractivity contribution is 0.0769. The summed E-state index contributed by atoms with van der Waals surface area (Å²) in [6.07, 6.45) is 1.06. The van der Waals surface area contributed by atoms with Gasteiger partial charge in [-0.05, 0) is 18.1 Å². The third-order valence-electron chi connectivity index (χ3n) is 2.56. The summed E-state index contributed by atoms with van der Waals surface area (Å²) in [6, 6.07) is 5.08. The minimum absolute atomic E-state index is 0.0807. The van der Waals surface area contributed by atoms with Gasteiger partial charge in [-0.15, -0.1) is 0 Å².